The zero-order valence-electron chi connectivity index (χ0n) is 54.5. The zero-order chi connectivity index (χ0) is 67.3. The molecule has 510 valence electrons. The summed E-state index contributed by atoms with van der Waals surface area (Å²) in [5.74, 6) is -1.02. The molecular weight excluding hydrogens is 1210 g/mol. The molecule has 4 aliphatic rings. The number of nitrogens with zero attached hydrogens (tertiary/aromatic N) is 10. The van der Waals surface area contributed by atoms with Crippen LogP contribution in [0, 0.1) is 13.8 Å². The van der Waals surface area contributed by atoms with Gasteiger partial charge >= 0.3 is 58.3 Å². The highest BCUT2D eigenvalue weighted by Crippen LogP contribution is 2.23. The second-order valence-corrected chi connectivity index (χ2v) is 25.0. The Balaban J connectivity index is 0.978. The van der Waals surface area contributed by atoms with Crippen molar-refractivity contribution in [3.05, 3.63) is 110 Å². The highest BCUT2D eigenvalue weighted by molar-refractivity contribution is 6.03. The van der Waals surface area contributed by atoms with Crippen molar-refractivity contribution in [1.29, 1.82) is 0 Å². The molecule has 4 saturated heterocycles. The van der Waals surface area contributed by atoms with Crippen LogP contribution in [0.1, 0.15) is 191 Å². The number of amides is 12. The van der Waals surface area contributed by atoms with E-state index in [0.29, 0.717) is 140 Å². The molecule has 0 bridgehead atoms. The number of rotatable bonds is 25. The van der Waals surface area contributed by atoms with Gasteiger partial charge in [-0.3, -0.25) is 38.8 Å². The summed E-state index contributed by atoms with van der Waals surface area (Å²) in [7, 11) is 0. The van der Waals surface area contributed by atoms with Crippen molar-refractivity contribution >= 4 is 59.1 Å². The summed E-state index contributed by atoms with van der Waals surface area (Å²) in [5.41, 5.74) is -3.54. The number of hydrogen-bond donors (Lipinski definition) is 4. The minimum absolute atomic E-state index is 0.0612. The number of likely N-dealkylation sites (tertiary alicyclic amines) is 4. The van der Waals surface area contributed by atoms with E-state index in [-0.39, 0.29) is 111 Å². The molecule has 0 radical (unpaired) electrons. The van der Waals surface area contributed by atoms with E-state index in [2.05, 4.69) is 21.3 Å². The van der Waals surface area contributed by atoms with E-state index >= 15 is 0 Å². The first-order valence-corrected chi connectivity index (χ1v) is 33.9. The van der Waals surface area contributed by atoms with E-state index in [1.807, 2.05) is 0 Å². The molecule has 94 heavy (non-hydrogen) atoms. The smallest absolute Gasteiger partial charge is 0.338 e. The van der Waals surface area contributed by atoms with E-state index in [1.54, 1.807) is 26.0 Å². The number of aryl methyl sites for hydroxylation is 2. The molecule has 0 aliphatic carbocycles. The highest BCUT2D eigenvalue weighted by Gasteiger charge is 2.28. The van der Waals surface area contributed by atoms with Crippen LogP contribution in [-0.2, 0) is 45.4 Å². The zero-order valence-corrected chi connectivity index (χ0v) is 54.5. The maximum absolute atomic E-state index is 14.5. The third-order valence-electron chi connectivity index (χ3n) is 18.0. The van der Waals surface area contributed by atoms with Crippen LogP contribution in [0.5, 0.6) is 0 Å². The van der Waals surface area contributed by atoms with Gasteiger partial charge in [0.05, 0.1) is 11.4 Å². The number of unbranched alkanes of at least 4 members (excludes halogenated alkanes) is 9. The molecule has 0 atom stereocenters. The third kappa shape index (κ3) is 18.4. The number of benzene rings is 2. The molecule has 8 rings (SSSR count). The number of carbonyl (C=O) groups excluding carboxylic acids is 8. The van der Waals surface area contributed by atoms with E-state index < -0.39 is 58.3 Å². The minimum Gasteiger partial charge on any atom is -0.338 e. The van der Waals surface area contributed by atoms with Gasteiger partial charge in [-0.1, -0.05) is 76.3 Å². The van der Waals surface area contributed by atoms with Gasteiger partial charge in [0.2, 0.25) is 23.6 Å². The van der Waals surface area contributed by atoms with Gasteiger partial charge in [-0.05, 0) is 139 Å². The number of hydrogen-bond acceptors (Lipinski definition) is 14. The van der Waals surface area contributed by atoms with Crippen LogP contribution in [0.15, 0.2) is 65.2 Å². The van der Waals surface area contributed by atoms with Crippen LogP contribution < -0.4 is 55.4 Å². The highest BCUT2D eigenvalue weighted by atomic mass is 16.2. The van der Waals surface area contributed by atoms with E-state index in [1.165, 1.54) is 34.1 Å². The normalized spacial score (nSPS) is 15.9. The lowest BCUT2D eigenvalue weighted by Crippen LogP contribution is -2.54. The van der Waals surface area contributed by atoms with Crippen molar-refractivity contribution < 1.29 is 38.4 Å². The molecule has 4 aromatic rings. The van der Waals surface area contributed by atoms with Crippen LogP contribution in [0.2, 0.25) is 0 Å². The fourth-order valence-electron chi connectivity index (χ4n) is 12.4. The van der Waals surface area contributed by atoms with E-state index in [4.69, 9.17) is 0 Å². The van der Waals surface area contributed by atoms with Crippen molar-refractivity contribution in [2.75, 3.05) is 49.9 Å². The number of urea groups is 4. The molecule has 4 N–H and O–H groups in total. The van der Waals surface area contributed by atoms with Crippen molar-refractivity contribution in [2.24, 2.45) is 0 Å². The lowest BCUT2D eigenvalue weighted by Gasteiger charge is -2.20. The van der Waals surface area contributed by atoms with Gasteiger partial charge in [-0.2, -0.15) is 0 Å². The summed E-state index contributed by atoms with van der Waals surface area (Å²) >= 11 is 0. The Morgan fingerprint density at radius 3 is 0.904 bits per heavy atom. The van der Waals surface area contributed by atoms with Crippen LogP contribution in [-0.4, -0.2) is 134 Å². The molecule has 0 unspecified atom stereocenters. The Kier molecular flexibility index (Phi) is 26.2. The van der Waals surface area contributed by atoms with Gasteiger partial charge in [0.25, 0.3) is 0 Å². The van der Waals surface area contributed by atoms with Crippen molar-refractivity contribution in [2.45, 2.75) is 220 Å². The molecule has 4 aliphatic heterocycles. The predicted molar refractivity (Wildman–Crippen MR) is 352 cm³/mol. The van der Waals surface area contributed by atoms with Crippen LogP contribution in [0.25, 0.3) is 11.4 Å². The minimum atomic E-state index is -0.926. The maximum Gasteiger partial charge on any atom is 0.340 e. The topological polar surface area (TPSA) is 330 Å². The van der Waals surface area contributed by atoms with Crippen LogP contribution in [0.4, 0.5) is 30.6 Å². The van der Waals surface area contributed by atoms with Crippen LogP contribution >= 0.6 is 0 Å². The molecule has 4 fully saturated rings. The van der Waals surface area contributed by atoms with E-state index in [0.717, 1.165) is 88.6 Å². The lowest BCUT2D eigenvalue weighted by atomic mass is 10.1. The van der Waals surface area contributed by atoms with Gasteiger partial charge in [-0.15, -0.1) is 0 Å². The third-order valence-corrected chi connectivity index (χ3v) is 18.0. The number of nitrogens with one attached hydrogen (secondary N) is 4. The van der Waals surface area contributed by atoms with Gasteiger partial charge in [0.1, 0.15) is 0 Å². The summed E-state index contributed by atoms with van der Waals surface area (Å²) in [6, 6.07) is 7.04. The maximum atomic E-state index is 14.5. The SMILES string of the molecule is Cc1ccc(-n2c(=O)n(CCCCCCNC(=O)N3CCCCCC3=O)c(=O)n(CCCCCCn3c(=O)n(CCCCCCNC(=O)N4CCCCCC4=O)c(=O)n(-c4ccc(C)c(NC(=O)N5CCCCCC5=O)c4)c3=O)c2=O)cc1NC(=O)N1CCCCCC1=O. The Morgan fingerprint density at radius 2 is 0.606 bits per heavy atom. The molecular formula is C66H92N14O14. The summed E-state index contributed by atoms with van der Waals surface area (Å²) in [6.45, 7) is 4.90. The largest absolute Gasteiger partial charge is 0.340 e. The fraction of sp³-hybridized carbons (Fsp3) is 0.606. The van der Waals surface area contributed by atoms with Crippen molar-refractivity contribution in [1.82, 2.24) is 57.6 Å². The quantitative estimate of drug-likeness (QED) is 0.0500. The molecule has 12 amide bonds. The van der Waals surface area contributed by atoms with Gasteiger partial charge in [0.15, 0.2) is 0 Å². The Hall–Kier alpha value is -8.98. The molecule has 2 aromatic carbocycles. The Morgan fingerprint density at radius 1 is 0.330 bits per heavy atom. The number of imide groups is 4. The molecule has 28 heteroatoms. The first-order valence-electron chi connectivity index (χ1n) is 33.9. The average molecular weight is 1310 g/mol. The van der Waals surface area contributed by atoms with Gasteiger partial charge < -0.3 is 21.3 Å². The molecule has 6 heterocycles. The van der Waals surface area contributed by atoms with Gasteiger partial charge in [0, 0.05) is 103 Å². The standard InChI is InChI=1S/C66H92N14O14/c1-47-31-33-49(45-51(47)69-59(87)73-39-25-11-15-29-55(73)83)79-63(91)75(41-19-5-3-17-35-67-57(85)71-37-23-9-13-27-53(71)81)61(89)77(65(79)93)43-21-7-8-22-44-78-62(90)76(42-20-6-4-18-36-68-58(86)72-38-24-10-14-28-54(72)82)64(92)80(66(78)94)50-34-32-48(2)52(46-50)70-60(88)74-40-26-12-16-30-56(74)84/h31-34,45-46H,3-30,35-44H2,1-2H3,(H,67,85)(H,68,86)(H,69,87)(H,70,88). The number of carbonyl (C=O) groups is 8. The van der Waals surface area contributed by atoms with E-state index in [9.17, 15) is 67.1 Å². The second kappa shape index (κ2) is 34.8. The average Bonchev–Trinajstić information content (AvgIpc) is 1.33. The second-order valence-electron chi connectivity index (χ2n) is 25.0. The lowest BCUT2D eigenvalue weighted by molar-refractivity contribution is -0.128. The first kappa shape index (κ1) is 70.9. The summed E-state index contributed by atoms with van der Waals surface area (Å²) in [4.78, 5) is 195. The first-order chi connectivity index (χ1) is 45.4. The molecule has 2 aromatic heterocycles. The number of aromatic nitrogens is 6. The Bertz CT molecular complexity index is 3560. The van der Waals surface area contributed by atoms with Crippen LogP contribution in [0.3, 0.4) is 0 Å². The summed E-state index contributed by atoms with van der Waals surface area (Å²) < 4.78 is 5.71. The fourth-order valence-corrected chi connectivity index (χ4v) is 12.4. The number of anilines is 2. The van der Waals surface area contributed by atoms with Crippen molar-refractivity contribution in [3.8, 4) is 11.4 Å². The molecule has 28 nitrogen and oxygen atoms in total. The Labute approximate surface area is 544 Å². The predicted octanol–water partition coefficient (Wildman–Crippen LogP) is 6.73. The van der Waals surface area contributed by atoms with Gasteiger partial charge in [-0.25, -0.2) is 75.3 Å². The summed E-state index contributed by atoms with van der Waals surface area (Å²) in [5, 5.41) is 11.2. The molecule has 0 saturated carbocycles. The molecule has 0 spiro atoms. The van der Waals surface area contributed by atoms with Crippen molar-refractivity contribution in [3.63, 3.8) is 0 Å². The monoisotopic (exact) mass is 1300 g/mol. The summed E-state index contributed by atoms with van der Waals surface area (Å²) in [6.07, 6.45) is 15.5.